The molecule has 0 aliphatic carbocycles. The maximum atomic E-state index is 13.8. The van der Waals surface area contributed by atoms with Crippen LogP contribution in [0.2, 0.25) is 0 Å². The normalized spacial score (nSPS) is 16.3. The number of likely N-dealkylation sites (N-methyl/N-ethyl adjacent to an activating group) is 1. The van der Waals surface area contributed by atoms with Crippen molar-refractivity contribution >= 4 is 28.3 Å². The van der Waals surface area contributed by atoms with Crippen molar-refractivity contribution in [3.8, 4) is 11.5 Å². The third kappa shape index (κ3) is 3.41. The predicted octanol–water partition coefficient (Wildman–Crippen LogP) is 3.03. The van der Waals surface area contributed by atoms with Gasteiger partial charge < -0.3 is 19.3 Å². The summed E-state index contributed by atoms with van der Waals surface area (Å²) in [4.78, 5) is 25.2. The van der Waals surface area contributed by atoms with Gasteiger partial charge in [-0.25, -0.2) is 14.4 Å². The van der Waals surface area contributed by atoms with E-state index in [1.807, 2.05) is 0 Å². The third-order valence-corrected chi connectivity index (χ3v) is 5.20. The number of anilines is 2. The fraction of sp³-hybridized carbons (Fsp3) is 0.286. The topological polar surface area (TPSA) is 67.8 Å². The number of ether oxygens (including phenoxy) is 2. The van der Waals surface area contributed by atoms with Gasteiger partial charge in [0.25, 0.3) is 0 Å². The predicted molar refractivity (Wildman–Crippen MR) is 108 cm³/mol. The van der Waals surface area contributed by atoms with Gasteiger partial charge in [0, 0.05) is 37.2 Å². The van der Waals surface area contributed by atoms with Gasteiger partial charge in [-0.2, -0.15) is 0 Å². The zero-order chi connectivity index (χ0) is 20.5. The molecule has 0 radical (unpaired) electrons. The molecule has 4 rings (SSSR count). The lowest BCUT2D eigenvalue weighted by molar-refractivity contribution is -0.118. The summed E-state index contributed by atoms with van der Waals surface area (Å²) in [5, 5.41) is 0.573. The lowest BCUT2D eigenvalue weighted by Crippen LogP contribution is -2.40. The molecule has 8 heteroatoms. The fourth-order valence-electron chi connectivity index (χ4n) is 3.67. The Kier molecular flexibility index (Phi) is 4.92. The molecular weight excluding hydrogens is 375 g/mol. The van der Waals surface area contributed by atoms with Crippen molar-refractivity contribution in [2.24, 2.45) is 0 Å². The highest BCUT2D eigenvalue weighted by atomic mass is 19.1. The quantitative estimate of drug-likeness (QED) is 0.660. The number of carbonyl (C=O) groups is 1. The molecule has 1 aliphatic heterocycles. The standard InChI is InChI=1S/C21H21FN4O3/c1-25(20-17-8-13(22)4-5-18(17)23-12-24-20)19-6-7-26(21(19)27)14-9-15(28-2)11-16(10-14)29-3/h4-5,8-12,19H,6-7H2,1-3H3. The van der Waals surface area contributed by atoms with Crippen molar-refractivity contribution in [3.05, 3.63) is 48.5 Å². The maximum Gasteiger partial charge on any atom is 0.249 e. The fourth-order valence-corrected chi connectivity index (χ4v) is 3.67. The molecule has 0 N–H and O–H groups in total. The van der Waals surface area contributed by atoms with E-state index in [1.165, 1.54) is 18.5 Å². The van der Waals surface area contributed by atoms with Crippen LogP contribution in [0.1, 0.15) is 6.42 Å². The minimum Gasteiger partial charge on any atom is -0.497 e. The van der Waals surface area contributed by atoms with E-state index < -0.39 is 6.04 Å². The monoisotopic (exact) mass is 396 g/mol. The highest BCUT2D eigenvalue weighted by Crippen LogP contribution is 2.33. The van der Waals surface area contributed by atoms with Gasteiger partial charge in [-0.05, 0) is 24.6 Å². The van der Waals surface area contributed by atoms with Crippen LogP contribution in [-0.2, 0) is 4.79 Å². The number of fused-ring (bicyclic) bond motifs is 1. The lowest BCUT2D eigenvalue weighted by Gasteiger charge is -2.26. The van der Waals surface area contributed by atoms with Crippen molar-refractivity contribution in [1.82, 2.24) is 9.97 Å². The Morgan fingerprint density at radius 2 is 1.83 bits per heavy atom. The smallest absolute Gasteiger partial charge is 0.249 e. The van der Waals surface area contributed by atoms with Gasteiger partial charge in [0.2, 0.25) is 5.91 Å². The first-order valence-corrected chi connectivity index (χ1v) is 9.19. The average Bonchev–Trinajstić information content (AvgIpc) is 3.13. The van der Waals surface area contributed by atoms with Gasteiger partial charge in [-0.1, -0.05) is 0 Å². The third-order valence-electron chi connectivity index (χ3n) is 5.20. The highest BCUT2D eigenvalue weighted by Gasteiger charge is 2.36. The van der Waals surface area contributed by atoms with Crippen molar-refractivity contribution in [3.63, 3.8) is 0 Å². The summed E-state index contributed by atoms with van der Waals surface area (Å²) < 4.78 is 24.4. The second-order valence-corrected chi connectivity index (χ2v) is 6.83. The van der Waals surface area contributed by atoms with Crippen LogP contribution in [0.5, 0.6) is 11.5 Å². The molecule has 1 aliphatic rings. The molecule has 2 aromatic carbocycles. The largest absolute Gasteiger partial charge is 0.497 e. The van der Waals surface area contributed by atoms with E-state index in [0.29, 0.717) is 46.9 Å². The van der Waals surface area contributed by atoms with E-state index in [0.717, 1.165) is 0 Å². The first-order chi connectivity index (χ1) is 14.0. The molecule has 29 heavy (non-hydrogen) atoms. The summed E-state index contributed by atoms with van der Waals surface area (Å²) in [6.45, 7) is 0.543. The van der Waals surface area contributed by atoms with Crippen molar-refractivity contribution in [1.29, 1.82) is 0 Å². The Morgan fingerprint density at radius 1 is 1.10 bits per heavy atom. The molecule has 1 unspecified atom stereocenters. The number of aromatic nitrogens is 2. The van der Waals surface area contributed by atoms with Gasteiger partial charge in [-0.15, -0.1) is 0 Å². The molecule has 0 saturated carbocycles. The maximum absolute atomic E-state index is 13.8. The molecule has 0 bridgehead atoms. The second-order valence-electron chi connectivity index (χ2n) is 6.83. The van der Waals surface area contributed by atoms with Gasteiger partial charge in [0.05, 0.1) is 25.4 Å². The van der Waals surface area contributed by atoms with E-state index in [4.69, 9.17) is 9.47 Å². The number of rotatable bonds is 5. The van der Waals surface area contributed by atoms with Crippen LogP contribution < -0.4 is 19.3 Å². The Bertz CT molecular complexity index is 1050. The molecule has 1 amide bonds. The Labute approximate surface area is 167 Å². The van der Waals surface area contributed by atoms with Crippen LogP contribution in [0.4, 0.5) is 15.9 Å². The SMILES string of the molecule is COc1cc(OC)cc(N2CCC(N(C)c3ncnc4ccc(F)cc34)C2=O)c1. The number of nitrogens with zero attached hydrogens (tertiary/aromatic N) is 4. The summed E-state index contributed by atoms with van der Waals surface area (Å²) in [5.74, 6) is 1.32. The molecular formula is C21H21FN4O3. The van der Waals surface area contributed by atoms with Crippen LogP contribution in [0, 0.1) is 5.82 Å². The molecule has 1 fully saturated rings. The summed E-state index contributed by atoms with van der Waals surface area (Å²) in [6, 6.07) is 9.30. The van der Waals surface area contributed by atoms with Crippen LogP contribution in [0.25, 0.3) is 10.9 Å². The van der Waals surface area contributed by atoms with E-state index in [9.17, 15) is 9.18 Å². The van der Waals surface area contributed by atoms with Gasteiger partial charge in [0.1, 0.15) is 35.5 Å². The second kappa shape index (κ2) is 7.54. The molecule has 0 spiro atoms. The van der Waals surface area contributed by atoms with Crippen LogP contribution in [0.15, 0.2) is 42.7 Å². The number of carbonyl (C=O) groups excluding carboxylic acids is 1. The molecule has 1 aromatic heterocycles. The van der Waals surface area contributed by atoms with Gasteiger partial charge in [0.15, 0.2) is 0 Å². The highest BCUT2D eigenvalue weighted by molar-refractivity contribution is 6.02. The number of amides is 1. The molecule has 2 heterocycles. The van der Waals surface area contributed by atoms with Gasteiger partial charge in [-0.3, -0.25) is 4.79 Å². The average molecular weight is 396 g/mol. The van der Waals surface area contributed by atoms with Crippen LogP contribution in [0.3, 0.4) is 0 Å². The van der Waals surface area contributed by atoms with Crippen LogP contribution >= 0.6 is 0 Å². The molecule has 3 aromatic rings. The molecule has 1 atom stereocenters. The minimum absolute atomic E-state index is 0.0639. The molecule has 1 saturated heterocycles. The summed E-state index contributed by atoms with van der Waals surface area (Å²) >= 11 is 0. The number of hydrogen-bond donors (Lipinski definition) is 0. The number of benzene rings is 2. The number of halogens is 1. The van der Waals surface area contributed by atoms with E-state index in [2.05, 4.69) is 9.97 Å². The van der Waals surface area contributed by atoms with Crippen LogP contribution in [-0.4, -0.2) is 49.7 Å². The van der Waals surface area contributed by atoms with E-state index in [-0.39, 0.29) is 11.7 Å². The zero-order valence-electron chi connectivity index (χ0n) is 16.4. The lowest BCUT2D eigenvalue weighted by atomic mass is 10.1. The van der Waals surface area contributed by atoms with Gasteiger partial charge >= 0.3 is 0 Å². The van der Waals surface area contributed by atoms with Crippen molar-refractivity contribution in [2.75, 3.05) is 37.6 Å². The van der Waals surface area contributed by atoms with Crippen molar-refractivity contribution in [2.45, 2.75) is 12.5 Å². The number of methoxy groups -OCH3 is 2. The van der Waals surface area contributed by atoms with E-state index >= 15 is 0 Å². The van der Waals surface area contributed by atoms with Crippen molar-refractivity contribution < 1.29 is 18.7 Å². The molecule has 150 valence electrons. The Hall–Kier alpha value is -3.42. The summed E-state index contributed by atoms with van der Waals surface area (Å²) in [7, 11) is 4.94. The van der Waals surface area contributed by atoms with E-state index in [1.54, 1.807) is 55.3 Å². The Morgan fingerprint density at radius 3 is 2.52 bits per heavy atom. The summed E-state index contributed by atoms with van der Waals surface area (Å²) in [5.41, 5.74) is 1.34. The Balaban J connectivity index is 1.65. The first-order valence-electron chi connectivity index (χ1n) is 9.19. The minimum atomic E-state index is -0.423. The zero-order valence-corrected chi connectivity index (χ0v) is 16.4. The first kappa shape index (κ1) is 18.9. The summed E-state index contributed by atoms with van der Waals surface area (Å²) in [6.07, 6.45) is 2.03. The molecule has 7 nitrogen and oxygen atoms in total. The number of hydrogen-bond acceptors (Lipinski definition) is 6.